The smallest absolute Gasteiger partial charge is 0.252 e. The molecule has 2 aromatic heterocycles. The first-order chi connectivity index (χ1) is 56.1. The molecule has 0 radical (unpaired) electrons. The summed E-state index contributed by atoms with van der Waals surface area (Å²) in [5.41, 5.74) is 33.3. The third-order valence-corrected chi connectivity index (χ3v) is 25.4. The summed E-state index contributed by atoms with van der Waals surface area (Å²) in [5, 5.41) is 17.7. The van der Waals surface area contributed by atoms with Gasteiger partial charge < -0.3 is 9.13 Å². The summed E-state index contributed by atoms with van der Waals surface area (Å²) in [5.74, 6) is 0. The topological polar surface area (TPSA) is 9.86 Å². The molecule has 2 aliphatic heterocycles. The third kappa shape index (κ3) is 10.6. The monoisotopic (exact) mass is 1440 g/mol. The van der Waals surface area contributed by atoms with Crippen molar-refractivity contribution in [3.63, 3.8) is 0 Å². The fourth-order valence-corrected chi connectivity index (χ4v) is 20.5. The van der Waals surface area contributed by atoms with Crippen LogP contribution in [0.2, 0.25) is 0 Å². The summed E-state index contributed by atoms with van der Waals surface area (Å²) in [6.45, 7) is 4.42. The van der Waals surface area contributed by atoms with Crippen LogP contribution in [0.15, 0.2) is 346 Å². The Labute approximate surface area is 660 Å². The zero-order chi connectivity index (χ0) is 74.8. The molecule has 113 heavy (non-hydrogen) atoms. The van der Waals surface area contributed by atoms with E-state index in [-0.39, 0.29) is 6.71 Å². The molecule has 536 valence electrons. The van der Waals surface area contributed by atoms with Crippen LogP contribution in [0.4, 0.5) is 0 Å². The largest absolute Gasteiger partial charge is 0.310 e. The van der Waals surface area contributed by atoms with Crippen molar-refractivity contribution in [2.45, 2.75) is 78.1 Å². The summed E-state index contributed by atoms with van der Waals surface area (Å²) >= 11 is 0. The standard InChI is InChI=1S/C110H83BN2/c1-3-5-7-13-34-70-56-58-77(59-57-70)101-98(74-40-17-10-18-41-74)99(75-42-19-11-20-43-75)102(79-47-33-36-71(64-79)35-14-8-6-4-2)103(100(101)76-44-21-12-22-45-76)81-68-96-108-97(69-81)113-94-62-60-73-39-23-25-50-84(73)105(94)107-85-51-26-24-46-78(85)66-93(110(107)113)111(108)92-67-80(83-49-28-27-48-82(83)72-37-15-9-16-38-72)65-91-106-95(112(96)109(91)92)63-61-90-88-54-30-29-52-86(88)87-53-31-32-55-89(87)104(90)106/h9-12,15-33,36-69H,3-8,13-14,34-35H2,1-2H3. The van der Waals surface area contributed by atoms with Crippen LogP contribution < -0.4 is 16.4 Å². The number of hydrogen-bond acceptors (Lipinski definition) is 0. The molecule has 0 atom stereocenters. The Kier molecular flexibility index (Phi) is 16.2. The van der Waals surface area contributed by atoms with Gasteiger partial charge in [-0.05, 0) is 221 Å². The van der Waals surface area contributed by atoms with Gasteiger partial charge in [0.05, 0.1) is 16.6 Å². The highest BCUT2D eigenvalue weighted by Gasteiger charge is 2.44. The van der Waals surface area contributed by atoms with Gasteiger partial charge in [-0.15, -0.1) is 0 Å². The van der Waals surface area contributed by atoms with Gasteiger partial charge in [-0.1, -0.05) is 368 Å². The fourth-order valence-electron chi connectivity index (χ4n) is 20.5. The van der Waals surface area contributed by atoms with Crippen molar-refractivity contribution >= 4 is 121 Å². The van der Waals surface area contributed by atoms with Gasteiger partial charge in [-0.2, -0.15) is 0 Å². The van der Waals surface area contributed by atoms with Crippen molar-refractivity contribution in [2.24, 2.45) is 0 Å². The van der Waals surface area contributed by atoms with E-state index in [0.29, 0.717) is 0 Å². The molecule has 0 N–H and O–H groups in total. The van der Waals surface area contributed by atoms with E-state index in [1.54, 1.807) is 0 Å². The van der Waals surface area contributed by atoms with Crippen molar-refractivity contribution in [3.8, 4) is 100 Å². The molecule has 0 spiro atoms. The van der Waals surface area contributed by atoms with Crippen LogP contribution in [-0.2, 0) is 12.8 Å². The minimum atomic E-state index is -0.218. The minimum Gasteiger partial charge on any atom is -0.310 e. The number of nitrogens with zero attached hydrogens (tertiary/aromatic N) is 2. The lowest BCUT2D eigenvalue weighted by Crippen LogP contribution is -2.59. The maximum absolute atomic E-state index is 2.77. The molecule has 0 amide bonds. The van der Waals surface area contributed by atoms with E-state index in [1.807, 2.05) is 0 Å². The van der Waals surface area contributed by atoms with E-state index in [9.17, 15) is 0 Å². The van der Waals surface area contributed by atoms with E-state index in [4.69, 9.17) is 0 Å². The lowest BCUT2D eigenvalue weighted by Gasteiger charge is -2.35. The Bertz CT molecular complexity index is 7190. The van der Waals surface area contributed by atoms with Crippen LogP contribution in [-0.4, -0.2) is 15.8 Å². The third-order valence-electron chi connectivity index (χ3n) is 25.4. The first kappa shape index (κ1) is 66.9. The maximum Gasteiger partial charge on any atom is 0.252 e. The van der Waals surface area contributed by atoms with Gasteiger partial charge in [0, 0.05) is 43.8 Å². The van der Waals surface area contributed by atoms with E-state index in [2.05, 4.69) is 369 Å². The van der Waals surface area contributed by atoms with Gasteiger partial charge >= 0.3 is 0 Å². The first-order valence-corrected chi connectivity index (χ1v) is 41.2. The van der Waals surface area contributed by atoms with Gasteiger partial charge in [0.25, 0.3) is 6.71 Å². The second-order valence-electron chi connectivity index (χ2n) is 31.8. The molecule has 20 aromatic rings. The number of aryl methyl sites for hydroxylation is 2. The second-order valence-corrected chi connectivity index (χ2v) is 31.8. The lowest BCUT2D eigenvalue weighted by molar-refractivity contribution is 0.667. The average molecular weight is 1440 g/mol. The van der Waals surface area contributed by atoms with Crippen molar-refractivity contribution in [2.75, 3.05) is 0 Å². The highest BCUT2D eigenvalue weighted by molar-refractivity contribution is 7.00. The Morgan fingerprint density at radius 1 is 0.239 bits per heavy atom. The summed E-state index contributed by atoms with van der Waals surface area (Å²) in [6.07, 6.45) is 11.7. The number of aromatic nitrogens is 2. The van der Waals surface area contributed by atoms with Crippen LogP contribution in [0.5, 0.6) is 0 Å². The normalized spacial score (nSPS) is 12.3. The predicted molar refractivity (Wildman–Crippen MR) is 486 cm³/mol. The van der Waals surface area contributed by atoms with E-state index < -0.39 is 0 Å². The zero-order valence-corrected chi connectivity index (χ0v) is 64.0. The van der Waals surface area contributed by atoms with E-state index in [1.165, 1.54) is 265 Å². The Hall–Kier alpha value is -13.1. The predicted octanol–water partition coefficient (Wildman–Crippen LogP) is 28.4. The van der Waals surface area contributed by atoms with Crippen LogP contribution in [0.25, 0.3) is 198 Å². The lowest BCUT2D eigenvalue weighted by atomic mass is 9.34. The molecule has 18 aromatic carbocycles. The molecule has 0 unspecified atom stereocenters. The minimum absolute atomic E-state index is 0.218. The van der Waals surface area contributed by atoms with Crippen molar-refractivity contribution in [1.82, 2.24) is 9.13 Å². The SMILES string of the molecule is CCCCCCc1ccc(-c2c(-c3ccccc3)c(-c3ccccc3)c(-c3cccc(CCCCCC)c3)c(-c3cc4c5c(c3)-n3c6ccc7ccccc7c6c6c7ccccc7cc(c63)B5c3cc(-c5ccccc5-c5ccccc5)cc5c6c7c8ccccc8c8ccccc8c7ccc6n-4c35)c2-c2ccccc2)cc1. The average Bonchev–Trinajstić information content (AvgIpc) is 1.53. The molecule has 0 bridgehead atoms. The number of fused-ring (bicyclic) bond motifs is 21. The van der Waals surface area contributed by atoms with Crippen LogP contribution >= 0.6 is 0 Å². The number of rotatable bonds is 18. The van der Waals surface area contributed by atoms with Gasteiger partial charge in [0.1, 0.15) is 0 Å². The molecule has 2 aliphatic rings. The van der Waals surface area contributed by atoms with Gasteiger partial charge in [0.2, 0.25) is 0 Å². The summed E-state index contributed by atoms with van der Waals surface area (Å²) in [4.78, 5) is 0. The van der Waals surface area contributed by atoms with Crippen LogP contribution in [0.3, 0.4) is 0 Å². The zero-order valence-electron chi connectivity index (χ0n) is 64.0. The van der Waals surface area contributed by atoms with Gasteiger partial charge in [-0.3, -0.25) is 0 Å². The molecular weight excluding hydrogens is 1360 g/mol. The number of benzene rings is 18. The molecule has 3 heteroatoms. The molecule has 0 fully saturated rings. The maximum atomic E-state index is 2.77. The molecule has 22 rings (SSSR count). The number of hydrogen-bond donors (Lipinski definition) is 0. The Morgan fingerprint density at radius 3 is 1.27 bits per heavy atom. The molecule has 0 saturated heterocycles. The quantitative estimate of drug-likeness (QED) is 0.0460. The van der Waals surface area contributed by atoms with Crippen LogP contribution in [0.1, 0.15) is 76.3 Å². The highest BCUT2D eigenvalue weighted by Crippen LogP contribution is 2.58. The van der Waals surface area contributed by atoms with Crippen LogP contribution in [0, 0.1) is 0 Å². The van der Waals surface area contributed by atoms with Crippen molar-refractivity contribution < 1.29 is 0 Å². The van der Waals surface area contributed by atoms with Gasteiger partial charge in [-0.25, -0.2) is 0 Å². The van der Waals surface area contributed by atoms with Crippen molar-refractivity contribution in [3.05, 3.63) is 357 Å². The Morgan fingerprint density at radius 2 is 0.673 bits per heavy atom. The summed E-state index contributed by atoms with van der Waals surface area (Å²) in [7, 11) is 0. The number of unbranched alkanes of at least 4 members (excludes halogenated alkanes) is 6. The molecular formula is C110H83BN2. The van der Waals surface area contributed by atoms with Gasteiger partial charge in [0.15, 0.2) is 0 Å². The summed E-state index contributed by atoms with van der Waals surface area (Å²) < 4.78 is 5.53. The molecule has 4 heterocycles. The molecule has 0 saturated carbocycles. The van der Waals surface area contributed by atoms with Crippen molar-refractivity contribution in [1.29, 1.82) is 0 Å². The summed E-state index contributed by atoms with van der Waals surface area (Å²) in [6, 6.07) is 134. The second kappa shape index (κ2) is 27.4. The van der Waals surface area contributed by atoms with E-state index >= 15 is 0 Å². The molecule has 0 aliphatic carbocycles. The first-order valence-electron chi connectivity index (χ1n) is 41.2. The van der Waals surface area contributed by atoms with E-state index in [0.717, 1.165) is 24.8 Å². The molecule has 2 nitrogen and oxygen atoms in total. The Balaban J connectivity index is 0.972. The highest BCUT2D eigenvalue weighted by atomic mass is 15.0. The fraction of sp³-hybridized carbons (Fsp3) is 0.109.